The molecule has 19 heteroatoms. The molecule has 0 spiro atoms. The van der Waals surface area contributed by atoms with Gasteiger partial charge in [0, 0.05) is 79.7 Å². The number of morpholine rings is 2. The Labute approximate surface area is 397 Å². The molecule has 6 heterocycles. The highest BCUT2D eigenvalue weighted by Crippen LogP contribution is 2.50. The highest BCUT2D eigenvalue weighted by molar-refractivity contribution is 7.80. The lowest BCUT2D eigenvalue weighted by Gasteiger charge is -2.35. The first-order chi connectivity index (χ1) is 32.8. The zero-order chi connectivity index (χ0) is 48.4. The summed E-state index contributed by atoms with van der Waals surface area (Å²) >= 11 is 0. The van der Waals surface area contributed by atoms with Crippen LogP contribution in [0.25, 0.3) is 0 Å². The molecule has 10 rings (SSSR count). The molecule has 0 aliphatic carbocycles. The number of methoxy groups -OCH3 is 2. The summed E-state index contributed by atoms with van der Waals surface area (Å²) < 4.78 is 75.4. The van der Waals surface area contributed by atoms with Crippen molar-refractivity contribution in [2.24, 2.45) is 0 Å². The van der Waals surface area contributed by atoms with Crippen molar-refractivity contribution in [1.82, 2.24) is 4.90 Å². The first kappa shape index (κ1) is 49.9. The topological polar surface area (TPSA) is 184 Å². The van der Waals surface area contributed by atoms with Gasteiger partial charge in [-0.1, -0.05) is 0 Å². The van der Waals surface area contributed by atoms with Gasteiger partial charge in [-0.3, -0.25) is 19.0 Å². The second kappa shape index (κ2) is 22.9. The minimum atomic E-state index is -4.27. The molecule has 0 aromatic heterocycles. The third kappa shape index (κ3) is 12.2. The quantitative estimate of drug-likeness (QED) is 0.0969. The van der Waals surface area contributed by atoms with Gasteiger partial charge in [-0.15, -0.1) is 0 Å². The molecular weight excluding hydrogens is 901 g/mol. The third-order valence-electron chi connectivity index (χ3n) is 12.3. The second-order valence-corrected chi connectivity index (χ2v) is 17.7. The van der Waals surface area contributed by atoms with Crippen molar-refractivity contribution in [3.05, 3.63) is 101 Å². The number of hydrogen-bond acceptors (Lipinski definition) is 16. The number of nitrogens with zero attached hydrogens (tertiary/aromatic N) is 4. The van der Waals surface area contributed by atoms with E-state index in [0.717, 1.165) is 129 Å². The number of fused-ring (bicyclic) bond motifs is 4. The highest BCUT2D eigenvalue weighted by Gasteiger charge is 2.35. The molecule has 0 radical (unpaired) electrons. The largest absolute Gasteiger partial charge is 0.492 e. The number of benzene rings is 4. The summed E-state index contributed by atoms with van der Waals surface area (Å²) in [4.78, 5) is 31.1. The summed E-state index contributed by atoms with van der Waals surface area (Å²) in [6.07, 6.45) is 4.38. The van der Waals surface area contributed by atoms with Crippen LogP contribution in [0.2, 0.25) is 0 Å². The molecule has 4 aromatic carbocycles. The Hall–Kier alpha value is -5.96. The van der Waals surface area contributed by atoms with Crippen molar-refractivity contribution in [3.63, 3.8) is 0 Å². The number of carbonyl (C=O) groups excluding carboxylic acids is 2. The molecule has 6 aliphatic heterocycles. The van der Waals surface area contributed by atoms with E-state index in [1.54, 1.807) is 21.1 Å². The van der Waals surface area contributed by atoms with E-state index in [1.165, 1.54) is 16.8 Å². The van der Waals surface area contributed by atoms with Gasteiger partial charge in [0.2, 0.25) is 25.1 Å². The minimum absolute atomic E-state index is 0.0698. The molecule has 1 N–H and O–H groups in total. The molecule has 1 atom stereocenters. The molecular formula is C49H60N4O14S. The Morgan fingerprint density at radius 1 is 0.750 bits per heavy atom. The standard InChI is InChI=1S/C24H28N2O5.C12H14NO3.C12H15NO2.CH3O4S/c1-25-8-7-17-13-21-23(31-15-30-21)24(28-2)22(17)19(25)14-20(27)16-3-5-18(6-4-16)26-9-11-29-12-10-26;1-13-4-3-8-5-10-12(16-7-15-10)11(14-2)9(8)6-13;1-10(14)11-2-4-12(5-3-11)13-6-8-15-9-7-13;1-5-6(2,3)4/h3-6,13,19H,7-12,14-15H2,1-2H3;5-6H,3-4,7H2,1-2H3;2-5H,6-9H2,1H3;1H2,(H,2,3,4)/q;+1;;-1. The van der Waals surface area contributed by atoms with Gasteiger partial charge in [-0.05, 0) is 92.2 Å². The summed E-state index contributed by atoms with van der Waals surface area (Å²) in [6, 6.07) is 19.8. The lowest BCUT2D eigenvalue weighted by molar-refractivity contribution is -0.493. The lowest BCUT2D eigenvalue weighted by atomic mass is 9.87. The van der Waals surface area contributed by atoms with E-state index < -0.39 is 10.4 Å². The number of rotatable bonds is 9. The monoisotopic (exact) mass is 960 g/mol. The van der Waals surface area contributed by atoms with Gasteiger partial charge in [0.1, 0.15) is 13.6 Å². The van der Waals surface area contributed by atoms with Gasteiger partial charge >= 0.3 is 10.4 Å². The number of anilines is 2. The number of likely N-dealkylation sites (N-methyl/N-ethyl adjacent to an activating group) is 2. The smallest absolute Gasteiger partial charge is 0.367 e. The van der Waals surface area contributed by atoms with E-state index in [1.807, 2.05) is 54.6 Å². The second-order valence-electron chi connectivity index (χ2n) is 16.6. The van der Waals surface area contributed by atoms with Crippen molar-refractivity contribution in [1.29, 1.82) is 0 Å². The van der Waals surface area contributed by atoms with E-state index in [-0.39, 0.29) is 31.2 Å². The van der Waals surface area contributed by atoms with Gasteiger partial charge in [0.25, 0.3) is 0 Å². The van der Waals surface area contributed by atoms with Crippen LogP contribution in [-0.4, -0.2) is 148 Å². The van der Waals surface area contributed by atoms with E-state index >= 15 is 0 Å². The van der Waals surface area contributed by atoms with Crippen LogP contribution in [0.15, 0.2) is 60.7 Å². The van der Waals surface area contributed by atoms with E-state index in [2.05, 4.69) is 56.9 Å². The Morgan fingerprint density at radius 3 is 1.75 bits per heavy atom. The number of hydrogen-bond donors (Lipinski definition) is 1. The average molecular weight is 961 g/mol. The van der Waals surface area contributed by atoms with Crippen molar-refractivity contribution in [2.45, 2.75) is 32.2 Å². The van der Waals surface area contributed by atoms with Gasteiger partial charge in [0.05, 0.1) is 46.2 Å². The molecule has 366 valence electrons. The number of ketones is 2. The molecule has 0 saturated carbocycles. The molecule has 18 nitrogen and oxygen atoms in total. The van der Waals surface area contributed by atoms with Gasteiger partial charge in [0.15, 0.2) is 40.8 Å². The zero-order valence-corrected chi connectivity index (χ0v) is 40.0. The van der Waals surface area contributed by atoms with Gasteiger partial charge in [-0.2, -0.15) is 8.42 Å². The van der Waals surface area contributed by atoms with Crippen LogP contribution in [0.3, 0.4) is 0 Å². The predicted molar refractivity (Wildman–Crippen MR) is 253 cm³/mol. The maximum Gasteiger partial charge on any atom is 0.367 e. The summed E-state index contributed by atoms with van der Waals surface area (Å²) in [6.45, 7) is 10.7. The Bertz CT molecular complexity index is 2540. The fraction of sp³-hybridized carbons (Fsp3) is 0.429. The Balaban J connectivity index is 0.000000155. The molecule has 2 fully saturated rings. The van der Waals surface area contributed by atoms with Crippen LogP contribution in [0.1, 0.15) is 62.4 Å². The molecule has 6 aliphatic rings. The van der Waals surface area contributed by atoms with Crippen molar-refractivity contribution in [3.8, 4) is 34.5 Å². The number of ether oxygens (including phenoxy) is 8. The molecule has 1 unspecified atom stereocenters. The number of carbonyl (C=O) groups is 2. The highest BCUT2D eigenvalue weighted by atomic mass is 32.3. The lowest BCUT2D eigenvalue weighted by Crippen LogP contribution is -2.36. The molecule has 4 aromatic rings. The SMILES string of the molecule is CC(=O)c1ccc(N2CCOCC2)cc1.COc1c2c(cc3c1C(CC(=O)c1ccc(N4CCOCC4)cc1)N(C)CC3)OCO2.COc1c2c(cc3c1OCO3)CC[N+](C)=C2.[CH2-]OS(=O)(=O)O. The van der Waals surface area contributed by atoms with Crippen molar-refractivity contribution in [2.75, 3.05) is 117 Å². The van der Waals surface area contributed by atoms with Crippen LogP contribution in [0, 0.1) is 7.11 Å². The zero-order valence-electron chi connectivity index (χ0n) is 39.2. The van der Waals surface area contributed by atoms with E-state index in [0.29, 0.717) is 17.9 Å². The van der Waals surface area contributed by atoms with Crippen molar-refractivity contribution < 1.29 is 69.2 Å². The predicted octanol–water partition coefficient (Wildman–Crippen LogP) is 5.43. The molecule has 68 heavy (non-hydrogen) atoms. The van der Waals surface area contributed by atoms with Gasteiger partial charge < -0.3 is 51.9 Å². The normalized spacial score (nSPS) is 17.9. The molecule has 0 amide bonds. The maximum atomic E-state index is 13.2. The molecule has 0 bridgehead atoms. The van der Waals surface area contributed by atoms with E-state index in [9.17, 15) is 18.0 Å². The maximum absolute atomic E-state index is 13.2. The summed E-state index contributed by atoms with van der Waals surface area (Å²) in [5.74, 6) is 4.61. The van der Waals surface area contributed by atoms with Crippen LogP contribution in [0.5, 0.6) is 34.5 Å². The summed E-state index contributed by atoms with van der Waals surface area (Å²) in [7, 11) is 5.59. The van der Waals surface area contributed by atoms with Crippen LogP contribution >= 0.6 is 0 Å². The van der Waals surface area contributed by atoms with Crippen LogP contribution in [-0.2, 0) is 36.9 Å². The van der Waals surface area contributed by atoms with Crippen LogP contribution in [0.4, 0.5) is 11.4 Å². The first-order valence-corrected chi connectivity index (χ1v) is 23.7. The minimum Gasteiger partial charge on any atom is -0.492 e. The number of Topliss-reactive ketones (excluding diaryl/α,β-unsaturated/α-hetero) is 2. The summed E-state index contributed by atoms with van der Waals surface area (Å²) in [5, 5.41) is 0. The average Bonchev–Trinajstić information content (AvgIpc) is 4.04. The third-order valence-corrected chi connectivity index (χ3v) is 12.6. The van der Waals surface area contributed by atoms with Crippen LogP contribution < -0.4 is 38.2 Å². The van der Waals surface area contributed by atoms with Crippen molar-refractivity contribution >= 4 is 39.6 Å². The Morgan fingerprint density at radius 2 is 1.25 bits per heavy atom. The van der Waals surface area contributed by atoms with E-state index in [4.69, 9.17) is 42.4 Å². The fourth-order valence-corrected chi connectivity index (χ4v) is 8.69. The first-order valence-electron chi connectivity index (χ1n) is 22.3. The Kier molecular flexibility index (Phi) is 16.8. The summed E-state index contributed by atoms with van der Waals surface area (Å²) in [5.41, 5.74) is 8.39. The van der Waals surface area contributed by atoms with Gasteiger partial charge in [-0.25, -0.2) is 11.7 Å². The fourth-order valence-electron chi connectivity index (χ4n) is 8.69. The molecule has 2 saturated heterocycles.